The Morgan fingerprint density at radius 1 is 1.00 bits per heavy atom. The van der Waals surface area contributed by atoms with E-state index >= 15 is 0 Å². The third-order valence-corrected chi connectivity index (χ3v) is 6.42. The summed E-state index contributed by atoms with van der Waals surface area (Å²) in [6.07, 6.45) is 8.09. The fourth-order valence-electron chi connectivity index (χ4n) is 4.96. The highest BCUT2D eigenvalue weighted by atomic mass is 16.2. The lowest BCUT2D eigenvalue weighted by molar-refractivity contribution is -0.133. The van der Waals surface area contributed by atoms with Crippen molar-refractivity contribution in [2.75, 3.05) is 20.1 Å². The van der Waals surface area contributed by atoms with Crippen molar-refractivity contribution in [2.24, 2.45) is 0 Å². The van der Waals surface area contributed by atoms with Crippen molar-refractivity contribution in [1.29, 1.82) is 0 Å². The molecule has 1 saturated heterocycles. The van der Waals surface area contributed by atoms with Gasteiger partial charge in [-0.25, -0.2) is 0 Å². The summed E-state index contributed by atoms with van der Waals surface area (Å²) in [5.74, 6) is 0.262. The first kappa shape index (κ1) is 17.5. The lowest BCUT2D eigenvalue weighted by Gasteiger charge is -2.42. The van der Waals surface area contributed by atoms with Crippen LogP contribution in [0.1, 0.15) is 44.1 Å². The maximum Gasteiger partial charge on any atom is 0.227 e. The summed E-state index contributed by atoms with van der Waals surface area (Å²) in [7, 11) is 2.03. The van der Waals surface area contributed by atoms with E-state index in [9.17, 15) is 4.79 Å². The molecule has 3 heteroatoms. The Balaban J connectivity index is 1.51. The molecule has 3 nitrogen and oxygen atoms in total. The quantitative estimate of drug-likeness (QED) is 0.823. The summed E-state index contributed by atoms with van der Waals surface area (Å²) >= 11 is 0. The molecule has 1 saturated carbocycles. The molecule has 0 radical (unpaired) electrons. The summed E-state index contributed by atoms with van der Waals surface area (Å²) in [5, 5.41) is 2.42. The summed E-state index contributed by atoms with van der Waals surface area (Å²) in [6.45, 7) is 2.43. The third kappa shape index (κ3) is 3.50. The molecule has 0 bridgehead atoms. The fraction of sp³-hybridized carbons (Fsp3) is 0.522. The second kappa shape index (κ2) is 7.79. The molecule has 0 spiro atoms. The predicted molar refractivity (Wildman–Crippen MR) is 107 cm³/mol. The van der Waals surface area contributed by atoms with Crippen molar-refractivity contribution in [3.05, 3.63) is 48.0 Å². The Morgan fingerprint density at radius 2 is 1.73 bits per heavy atom. The van der Waals surface area contributed by atoms with Gasteiger partial charge in [-0.05, 0) is 55.1 Å². The van der Waals surface area contributed by atoms with E-state index < -0.39 is 0 Å². The first-order valence-corrected chi connectivity index (χ1v) is 10.2. The van der Waals surface area contributed by atoms with Gasteiger partial charge >= 0.3 is 0 Å². The van der Waals surface area contributed by atoms with Crippen LogP contribution in [0.15, 0.2) is 42.5 Å². The highest BCUT2D eigenvalue weighted by Gasteiger charge is 2.35. The van der Waals surface area contributed by atoms with Gasteiger partial charge in [0.2, 0.25) is 5.91 Å². The van der Waals surface area contributed by atoms with Gasteiger partial charge in [-0.1, -0.05) is 55.3 Å². The monoisotopic (exact) mass is 350 g/mol. The van der Waals surface area contributed by atoms with Gasteiger partial charge in [0.25, 0.3) is 0 Å². The Bertz CT molecular complexity index is 760. The van der Waals surface area contributed by atoms with E-state index in [1.165, 1.54) is 56.0 Å². The minimum Gasteiger partial charge on any atom is -0.341 e. The molecule has 2 aromatic carbocycles. The van der Waals surface area contributed by atoms with Crippen molar-refractivity contribution in [2.45, 2.75) is 57.0 Å². The van der Waals surface area contributed by atoms with E-state index in [4.69, 9.17) is 0 Å². The minimum absolute atomic E-state index is 0.262. The predicted octanol–water partition coefficient (Wildman–Crippen LogP) is 4.25. The highest BCUT2D eigenvalue weighted by molar-refractivity contribution is 5.90. The highest BCUT2D eigenvalue weighted by Crippen LogP contribution is 2.29. The van der Waals surface area contributed by atoms with Crippen LogP contribution in [0.2, 0.25) is 0 Å². The molecule has 2 atom stereocenters. The summed E-state index contributed by atoms with van der Waals surface area (Å²) in [4.78, 5) is 17.8. The lowest BCUT2D eigenvalue weighted by Crippen LogP contribution is -2.53. The summed E-state index contributed by atoms with van der Waals surface area (Å²) in [5.41, 5.74) is 1.15. The number of nitrogens with zero attached hydrogens (tertiary/aromatic N) is 2. The topological polar surface area (TPSA) is 23.6 Å². The molecule has 26 heavy (non-hydrogen) atoms. The molecule has 0 aromatic heterocycles. The molecular formula is C23H30N2O. The standard InChI is InChI=1S/C23H30N2O/c1-24(21-13-4-5-14-22(21)25-15-6-7-16-25)23(26)17-19-11-8-10-18-9-2-3-12-20(18)19/h2-3,8-12,21-22H,4-7,13-17H2,1H3/t21-,22+/m0/s1. The molecule has 2 aliphatic rings. The number of carbonyl (C=O) groups is 1. The van der Waals surface area contributed by atoms with Crippen LogP contribution in [0, 0.1) is 0 Å². The maximum atomic E-state index is 13.1. The largest absolute Gasteiger partial charge is 0.341 e. The SMILES string of the molecule is CN(C(=O)Cc1cccc2ccccc12)[C@H]1CCCC[C@H]1N1CCCC1. The van der Waals surface area contributed by atoms with E-state index in [1.54, 1.807) is 0 Å². The number of hydrogen-bond donors (Lipinski definition) is 0. The first-order valence-electron chi connectivity index (χ1n) is 10.2. The zero-order valence-electron chi connectivity index (χ0n) is 15.9. The zero-order chi connectivity index (χ0) is 17.9. The molecule has 4 rings (SSSR count). The van der Waals surface area contributed by atoms with Gasteiger partial charge < -0.3 is 4.90 Å². The van der Waals surface area contributed by atoms with Crippen molar-refractivity contribution in [1.82, 2.24) is 9.80 Å². The molecule has 1 amide bonds. The number of likely N-dealkylation sites (tertiary alicyclic amines) is 1. The van der Waals surface area contributed by atoms with Gasteiger partial charge in [0, 0.05) is 19.1 Å². The maximum absolute atomic E-state index is 13.1. The molecule has 2 aromatic rings. The van der Waals surface area contributed by atoms with Crippen LogP contribution in [0.5, 0.6) is 0 Å². The van der Waals surface area contributed by atoms with Gasteiger partial charge in [-0.2, -0.15) is 0 Å². The van der Waals surface area contributed by atoms with Crippen LogP contribution in [0.25, 0.3) is 10.8 Å². The van der Waals surface area contributed by atoms with Crippen LogP contribution in [0.4, 0.5) is 0 Å². The van der Waals surface area contributed by atoms with E-state index in [-0.39, 0.29) is 5.91 Å². The molecule has 0 N–H and O–H groups in total. The van der Waals surface area contributed by atoms with Crippen molar-refractivity contribution in [3.63, 3.8) is 0 Å². The Morgan fingerprint density at radius 3 is 2.58 bits per heavy atom. The number of amides is 1. The summed E-state index contributed by atoms with van der Waals surface area (Å²) < 4.78 is 0. The van der Waals surface area contributed by atoms with Gasteiger partial charge in [-0.15, -0.1) is 0 Å². The van der Waals surface area contributed by atoms with Gasteiger partial charge in [0.1, 0.15) is 0 Å². The lowest BCUT2D eigenvalue weighted by atomic mass is 9.88. The number of rotatable bonds is 4. The number of likely N-dealkylation sites (N-methyl/N-ethyl adjacent to an activating group) is 1. The second-order valence-corrected chi connectivity index (χ2v) is 7.98. The average Bonchev–Trinajstić information content (AvgIpc) is 3.22. The second-order valence-electron chi connectivity index (χ2n) is 7.98. The van der Waals surface area contributed by atoms with Gasteiger partial charge in [0.05, 0.1) is 6.42 Å². The fourth-order valence-corrected chi connectivity index (χ4v) is 4.96. The molecule has 2 fully saturated rings. The minimum atomic E-state index is 0.262. The van der Waals surface area contributed by atoms with Crippen molar-refractivity contribution in [3.8, 4) is 0 Å². The molecule has 0 unspecified atom stereocenters. The number of benzene rings is 2. The van der Waals surface area contributed by atoms with E-state index in [0.717, 1.165) is 12.0 Å². The van der Waals surface area contributed by atoms with Crippen molar-refractivity contribution < 1.29 is 4.79 Å². The zero-order valence-corrected chi connectivity index (χ0v) is 15.9. The molecule has 1 aliphatic heterocycles. The van der Waals surface area contributed by atoms with E-state index in [0.29, 0.717) is 18.5 Å². The van der Waals surface area contributed by atoms with Crippen LogP contribution in [0.3, 0.4) is 0 Å². The number of hydrogen-bond acceptors (Lipinski definition) is 2. The van der Waals surface area contributed by atoms with Crippen LogP contribution < -0.4 is 0 Å². The smallest absolute Gasteiger partial charge is 0.227 e. The summed E-state index contributed by atoms with van der Waals surface area (Å²) in [6, 6.07) is 15.6. The molecule has 1 aliphatic carbocycles. The Hall–Kier alpha value is -1.87. The Labute approximate surface area is 157 Å². The van der Waals surface area contributed by atoms with Crippen LogP contribution in [-0.2, 0) is 11.2 Å². The van der Waals surface area contributed by atoms with Crippen molar-refractivity contribution >= 4 is 16.7 Å². The molecule has 1 heterocycles. The van der Waals surface area contributed by atoms with Gasteiger partial charge in [0.15, 0.2) is 0 Å². The normalized spacial score (nSPS) is 24.0. The van der Waals surface area contributed by atoms with Crippen LogP contribution in [-0.4, -0.2) is 47.9 Å². The average molecular weight is 351 g/mol. The Kier molecular flexibility index (Phi) is 5.26. The third-order valence-electron chi connectivity index (χ3n) is 6.42. The number of fused-ring (bicyclic) bond motifs is 1. The van der Waals surface area contributed by atoms with Gasteiger partial charge in [-0.3, -0.25) is 9.69 Å². The first-order chi connectivity index (χ1) is 12.7. The van der Waals surface area contributed by atoms with Crippen LogP contribution >= 0.6 is 0 Å². The van der Waals surface area contributed by atoms with E-state index in [1.807, 2.05) is 7.05 Å². The molecular weight excluding hydrogens is 320 g/mol. The molecule has 138 valence electrons. The number of carbonyl (C=O) groups excluding carboxylic acids is 1. The van der Waals surface area contributed by atoms with E-state index in [2.05, 4.69) is 52.3 Å².